The summed E-state index contributed by atoms with van der Waals surface area (Å²) < 4.78 is 51.1. The Morgan fingerprint density at radius 2 is 1.69 bits per heavy atom. The van der Waals surface area contributed by atoms with Gasteiger partial charge in [0, 0.05) is 30.3 Å². The van der Waals surface area contributed by atoms with Crippen molar-refractivity contribution in [2.75, 3.05) is 24.7 Å². The third-order valence-corrected chi connectivity index (χ3v) is 9.50. The van der Waals surface area contributed by atoms with Crippen molar-refractivity contribution < 1.29 is 21.6 Å². The zero-order valence-corrected chi connectivity index (χ0v) is 20.2. The smallest absolute Gasteiger partial charge is 0.243 e. The van der Waals surface area contributed by atoms with Gasteiger partial charge < -0.3 is 5.32 Å². The molecule has 0 unspecified atom stereocenters. The maximum absolute atomic E-state index is 12.8. The van der Waals surface area contributed by atoms with Crippen molar-refractivity contribution in [2.45, 2.75) is 22.6 Å². The number of amides is 1. The van der Waals surface area contributed by atoms with E-state index in [1.807, 2.05) is 0 Å². The molecular formula is C20H20ClN3O5S3. The van der Waals surface area contributed by atoms with E-state index in [1.165, 1.54) is 52.0 Å². The molecule has 3 aromatic rings. The van der Waals surface area contributed by atoms with Crippen LogP contribution < -0.4 is 5.32 Å². The van der Waals surface area contributed by atoms with Crippen LogP contribution in [0.2, 0.25) is 5.02 Å². The minimum absolute atomic E-state index is 0.174. The standard InChI is InChI=1S/C20H20ClN3O5S3/c1-31(26,27)16-6-7-17-18(12-16)30-20(22-17)23-19(25)13-8-10-24(11-9-13)32(28,29)15-4-2-14(21)3-5-15/h2-7,12-13H,8-11H2,1H3,(H,22,23,25). The van der Waals surface area contributed by atoms with Gasteiger partial charge in [-0.05, 0) is 55.3 Å². The second-order valence-corrected chi connectivity index (χ2v) is 13.0. The van der Waals surface area contributed by atoms with Crippen LogP contribution in [0.3, 0.4) is 0 Å². The molecule has 1 N–H and O–H groups in total. The Balaban J connectivity index is 1.41. The average molecular weight is 514 g/mol. The second-order valence-electron chi connectivity index (χ2n) is 7.54. The van der Waals surface area contributed by atoms with Gasteiger partial charge in [-0.3, -0.25) is 4.79 Å². The minimum Gasteiger partial charge on any atom is -0.302 e. The summed E-state index contributed by atoms with van der Waals surface area (Å²) in [5.74, 6) is -0.568. The maximum Gasteiger partial charge on any atom is 0.243 e. The number of rotatable bonds is 5. The van der Waals surface area contributed by atoms with Gasteiger partial charge in [-0.15, -0.1) is 0 Å². The lowest BCUT2D eigenvalue weighted by atomic mass is 9.97. The van der Waals surface area contributed by atoms with Gasteiger partial charge in [0.2, 0.25) is 15.9 Å². The third kappa shape index (κ3) is 4.81. The van der Waals surface area contributed by atoms with E-state index in [1.54, 1.807) is 6.07 Å². The topological polar surface area (TPSA) is 114 Å². The van der Waals surface area contributed by atoms with Gasteiger partial charge in [-0.1, -0.05) is 22.9 Å². The number of nitrogens with zero attached hydrogens (tertiary/aromatic N) is 2. The first-order valence-electron chi connectivity index (χ1n) is 9.71. The lowest BCUT2D eigenvalue weighted by Gasteiger charge is -2.30. The fraction of sp³-hybridized carbons (Fsp3) is 0.300. The molecule has 1 aliphatic heterocycles. The van der Waals surface area contributed by atoms with Gasteiger partial charge >= 0.3 is 0 Å². The first-order chi connectivity index (χ1) is 15.0. The lowest BCUT2D eigenvalue weighted by molar-refractivity contribution is -0.120. The first-order valence-corrected chi connectivity index (χ1v) is 14.2. The number of benzene rings is 2. The van der Waals surface area contributed by atoms with Gasteiger partial charge in [0.15, 0.2) is 15.0 Å². The molecule has 32 heavy (non-hydrogen) atoms. The van der Waals surface area contributed by atoms with Crippen LogP contribution in [-0.4, -0.2) is 51.4 Å². The molecule has 1 fully saturated rings. The highest BCUT2D eigenvalue weighted by Gasteiger charge is 2.32. The molecule has 4 rings (SSSR count). The zero-order valence-electron chi connectivity index (χ0n) is 17.0. The highest BCUT2D eigenvalue weighted by Crippen LogP contribution is 2.30. The number of fused-ring (bicyclic) bond motifs is 1. The maximum atomic E-state index is 12.8. The summed E-state index contributed by atoms with van der Waals surface area (Å²) in [6.45, 7) is 0.473. The number of sulfone groups is 1. The van der Waals surface area contributed by atoms with Gasteiger partial charge in [0.25, 0.3) is 0 Å². The van der Waals surface area contributed by atoms with Crippen LogP contribution in [0.5, 0.6) is 0 Å². The van der Waals surface area contributed by atoms with Crippen molar-refractivity contribution in [1.82, 2.24) is 9.29 Å². The molecule has 12 heteroatoms. The van der Waals surface area contributed by atoms with Crippen LogP contribution in [0, 0.1) is 5.92 Å². The number of hydrogen-bond donors (Lipinski definition) is 1. The Hall–Kier alpha value is -2.05. The summed E-state index contributed by atoms with van der Waals surface area (Å²) in [6, 6.07) is 10.6. The van der Waals surface area contributed by atoms with Crippen molar-refractivity contribution >= 4 is 64.1 Å². The molecule has 0 atom stereocenters. The quantitative estimate of drug-likeness (QED) is 0.559. The van der Waals surface area contributed by atoms with Crippen LogP contribution in [0.4, 0.5) is 5.13 Å². The molecule has 0 spiro atoms. The van der Waals surface area contributed by atoms with Crippen molar-refractivity contribution in [3.05, 3.63) is 47.5 Å². The first kappa shape index (κ1) is 23.1. The van der Waals surface area contributed by atoms with Crippen LogP contribution >= 0.6 is 22.9 Å². The van der Waals surface area contributed by atoms with E-state index in [4.69, 9.17) is 11.6 Å². The van der Waals surface area contributed by atoms with E-state index in [0.717, 1.165) is 6.26 Å². The van der Waals surface area contributed by atoms with Gasteiger partial charge in [0.1, 0.15) is 0 Å². The Labute approximate surface area is 195 Å². The molecule has 1 aromatic heterocycles. The molecule has 0 bridgehead atoms. The predicted octanol–water partition coefficient (Wildman–Crippen LogP) is 3.39. The molecule has 0 radical (unpaired) electrons. The minimum atomic E-state index is -3.64. The van der Waals surface area contributed by atoms with E-state index in [2.05, 4.69) is 10.3 Å². The molecule has 0 saturated carbocycles. The summed E-state index contributed by atoms with van der Waals surface area (Å²) in [7, 11) is -6.97. The van der Waals surface area contributed by atoms with Crippen LogP contribution in [0.15, 0.2) is 52.3 Å². The Kier molecular flexibility index (Phi) is 6.29. The average Bonchev–Trinajstić information content (AvgIpc) is 3.15. The zero-order chi connectivity index (χ0) is 23.1. The highest BCUT2D eigenvalue weighted by molar-refractivity contribution is 7.90. The largest absolute Gasteiger partial charge is 0.302 e. The fourth-order valence-electron chi connectivity index (χ4n) is 3.51. The van der Waals surface area contributed by atoms with E-state index in [0.29, 0.717) is 33.2 Å². The molecule has 8 nitrogen and oxygen atoms in total. The molecule has 0 aliphatic carbocycles. The van der Waals surface area contributed by atoms with E-state index in [9.17, 15) is 21.6 Å². The summed E-state index contributed by atoms with van der Waals surface area (Å²) in [4.78, 5) is 17.4. The molecule has 2 aromatic carbocycles. The Morgan fingerprint density at radius 3 is 2.31 bits per heavy atom. The summed E-state index contributed by atoms with van der Waals surface area (Å²) in [5.41, 5.74) is 0.599. The Morgan fingerprint density at radius 1 is 1.06 bits per heavy atom. The predicted molar refractivity (Wildman–Crippen MR) is 124 cm³/mol. The van der Waals surface area contributed by atoms with E-state index >= 15 is 0 Å². The van der Waals surface area contributed by atoms with Crippen molar-refractivity contribution in [2.24, 2.45) is 5.92 Å². The second kappa shape index (κ2) is 8.71. The van der Waals surface area contributed by atoms with Crippen molar-refractivity contribution in [3.8, 4) is 0 Å². The van der Waals surface area contributed by atoms with Gasteiger partial charge in [-0.25, -0.2) is 21.8 Å². The van der Waals surface area contributed by atoms with Crippen LogP contribution in [-0.2, 0) is 24.7 Å². The number of carbonyl (C=O) groups is 1. The lowest BCUT2D eigenvalue weighted by Crippen LogP contribution is -2.41. The number of hydrogen-bond acceptors (Lipinski definition) is 7. The number of halogens is 1. The summed E-state index contributed by atoms with van der Waals surface area (Å²) in [5, 5.41) is 3.63. The number of thiazole rings is 1. The summed E-state index contributed by atoms with van der Waals surface area (Å²) in [6.07, 6.45) is 1.92. The number of piperidine rings is 1. The molecule has 170 valence electrons. The number of sulfonamides is 1. The molecule has 2 heterocycles. The molecule has 1 aliphatic rings. The SMILES string of the molecule is CS(=O)(=O)c1ccc2nc(NC(=O)C3CCN(S(=O)(=O)c4ccc(Cl)cc4)CC3)sc2c1. The summed E-state index contributed by atoms with van der Waals surface area (Å²) >= 11 is 7.04. The normalized spacial score (nSPS) is 16.3. The number of anilines is 1. The van der Waals surface area contributed by atoms with Crippen molar-refractivity contribution in [3.63, 3.8) is 0 Å². The van der Waals surface area contributed by atoms with Gasteiger partial charge in [-0.2, -0.15) is 4.31 Å². The van der Waals surface area contributed by atoms with E-state index < -0.39 is 19.9 Å². The van der Waals surface area contributed by atoms with Crippen LogP contribution in [0.1, 0.15) is 12.8 Å². The number of nitrogens with one attached hydrogen (secondary N) is 1. The van der Waals surface area contributed by atoms with E-state index in [-0.39, 0.29) is 34.7 Å². The molecule has 1 amide bonds. The van der Waals surface area contributed by atoms with Crippen LogP contribution in [0.25, 0.3) is 10.2 Å². The van der Waals surface area contributed by atoms with Gasteiger partial charge in [0.05, 0.1) is 20.0 Å². The Bertz CT molecular complexity index is 1380. The molecule has 1 saturated heterocycles. The fourth-order valence-corrected chi connectivity index (χ4v) is 6.74. The number of aromatic nitrogens is 1. The monoisotopic (exact) mass is 513 g/mol. The number of carbonyl (C=O) groups excluding carboxylic acids is 1. The highest BCUT2D eigenvalue weighted by atomic mass is 35.5. The molecular weight excluding hydrogens is 494 g/mol. The third-order valence-electron chi connectivity index (χ3n) is 5.29. The van der Waals surface area contributed by atoms with Crippen molar-refractivity contribution in [1.29, 1.82) is 0 Å².